The minimum absolute atomic E-state index is 0.0283. The molecule has 7 heteroatoms. The van der Waals surface area contributed by atoms with Gasteiger partial charge >= 0.3 is 6.03 Å². The lowest BCUT2D eigenvalue weighted by Crippen LogP contribution is -2.48. The molecule has 0 aliphatic carbocycles. The van der Waals surface area contributed by atoms with Crippen molar-refractivity contribution >= 4 is 35.3 Å². The number of benzene rings is 2. The number of hydrogen-bond donors (Lipinski definition) is 0. The molecule has 2 aliphatic rings. The van der Waals surface area contributed by atoms with Crippen LogP contribution in [0.3, 0.4) is 0 Å². The number of carbonyl (C=O) groups is 3. The lowest BCUT2D eigenvalue weighted by Gasteiger charge is -2.36. The summed E-state index contributed by atoms with van der Waals surface area (Å²) < 4.78 is 0. The molecule has 2 fully saturated rings. The van der Waals surface area contributed by atoms with Gasteiger partial charge in [-0.2, -0.15) is 0 Å². The average molecular weight is 424 g/mol. The number of urea groups is 1. The van der Waals surface area contributed by atoms with E-state index in [4.69, 9.17) is 0 Å². The molecule has 0 unspecified atom stereocenters. The van der Waals surface area contributed by atoms with E-state index in [1.807, 2.05) is 47.4 Å². The predicted molar refractivity (Wildman–Crippen MR) is 118 cm³/mol. The number of hydrogen-bond acceptors (Lipinski definition) is 4. The van der Waals surface area contributed by atoms with Gasteiger partial charge in [0.1, 0.15) is 6.54 Å². The molecular weight excluding hydrogens is 398 g/mol. The van der Waals surface area contributed by atoms with Crippen LogP contribution in [0.5, 0.6) is 0 Å². The van der Waals surface area contributed by atoms with Crippen molar-refractivity contribution < 1.29 is 14.4 Å². The summed E-state index contributed by atoms with van der Waals surface area (Å²) in [4.78, 5) is 44.2. The minimum atomic E-state index is -0.263. The number of rotatable bonds is 5. The summed E-state index contributed by atoms with van der Waals surface area (Å²) in [6.45, 7) is 3.34. The first-order chi connectivity index (χ1) is 14.6. The third-order valence-electron chi connectivity index (χ3n) is 5.62. The fraction of sp³-hybridized carbons (Fsp3) is 0.348. The van der Waals surface area contributed by atoms with Crippen molar-refractivity contribution in [1.82, 2.24) is 9.80 Å². The summed E-state index contributed by atoms with van der Waals surface area (Å²) in [5, 5.41) is 0. The van der Waals surface area contributed by atoms with Crippen LogP contribution in [-0.4, -0.2) is 59.1 Å². The second-order valence-electron chi connectivity index (χ2n) is 7.43. The van der Waals surface area contributed by atoms with Crippen molar-refractivity contribution in [3.8, 4) is 0 Å². The van der Waals surface area contributed by atoms with Crippen LogP contribution < -0.4 is 4.90 Å². The van der Waals surface area contributed by atoms with Gasteiger partial charge in [0, 0.05) is 24.0 Å². The highest BCUT2D eigenvalue weighted by Gasteiger charge is 2.41. The zero-order chi connectivity index (χ0) is 21.1. The molecule has 2 saturated heterocycles. The number of anilines is 1. The quantitative estimate of drug-likeness (QED) is 0.541. The molecule has 2 aromatic rings. The van der Waals surface area contributed by atoms with Gasteiger partial charge in [-0.1, -0.05) is 37.3 Å². The monoisotopic (exact) mass is 423 g/mol. The van der Waals surface area contributed by atoms with E-state index in [0.717, 1.165) is 16.2 Å². The van der Waals surface area contributed by atoms with E-state index in [-0.39, 0.29) is 30.4 Å². The maximum atomic E-state index is 13.0. The van der Waals surface area contributed by atoms with Crippen LogP contribution in [0.25, 0.3) is 0 Å². The third kappa shape index (κ3) is 3.94. The van der Waals surface area contributed by atoms with Gasteiger partial charge in [0.15, 0.2) is 0 Å². The number of piperidine rings is 1. The molecule has 6 nitrogen and oxygen atoms in total. The van der Waals surface area contributed by atoms with E-state index in [1.54, 1.807) is 28.8 Å². The van der Waals surface area contributed by atoms with Crippen molar-refractivity contribution in [2.24, 2.45) is 0 Å². The second kappa shape index (κ2) is 8.92. The van der Waals surface area contributed by atoms with Gasteiger partial charge in [-0.25, -0.2) is 9.69 Å². The van der Waals surface area contributed by atoms with Crippen LogP contribution in [0.1, 0.15) is 30.1 Å². The van der Waals surface area contributed by atoms with Crippen LogP contribution >= 0.6 is 11.8 Å². The standard InChI is InChI=1S/C23H25N3O3S/c1-2-30-20-11-7-6-10-19(20)22(28)24-14-12-17(13-15-24)25-16-21(27)26(23(25)29)18-8-4-3-5-9-18/h3-11,17H,2,12-16H2,1H3. The Hall–Kier alpha value is -2.80. The molecule has 0 N–H and O–H groups in total. The number of amides is 4. The Bertz CT molecular complexity index is 942. The largest absolute Gasteiger partial charge is 0.338 e. The molecule has 4 rings (SSSR count). The van der Waals surface area contributed by atoms with Gasteiger partial charge < -0.3 is 9.80 Å². The number of carbonyl (C=O) groups excluding carboxylic acids is 3. The van der Waals surface area contributed by atoms with E-state index in [2.05, 4.69) is 6.92 Å². The maximum absolute atomic E-state index is 13.0. The third-order valence-corrected chi connectivity index (χ3v) is 6.57. The number of imide groups is 1. The van der Waals surface area contributed by atoms with Crippen molar-refractivity contribution in [3.05, 3.63) is 60.2 Å². The zero-order valence-corrected chi connectivity index (χ0v) is 17.8. The lowest BCUT2D eigenvalue weighted by molar-refractivity contribution is -0.116. The Morgan fingerprint density at radius 1 is 1.00 bits per heavy atom. The molecule has 0 atom stereocenters. The van der Waals surface area contributed by atoms with Crippen LogP contribution in [0.15, 0.2) is 59.5 Å². The lowest BCUT2D eigenvalue weighted by atomic mass is 10.0. The SMILES string of the molecule is CCSc1ccccc1C(=O)N1CCC(N2CC(=O)N(c3ccccc3)C2=O)CC1. The summed E-state index contributed by atoms with van der Waals surface area (Å²) in [6, 6.07) is 16.5. The number of thioether (sulfide) groups is 1. The molecule has 0 saturated carbocycles. The highest BCUT2D eigenvalue weighted by molar-refractivity contribution is 7.99. The van der Waals surface area contributed by atoms with Crippen molar-refractivity contribution in [3.63, 3.8) is 0 Å². The van der Waals surface area contributed by atoms with Gasteiger partial charge in [-0.15, -0.1) is 11.8 Å². The Morgan fingerprint density at radius 3 is 2.37 bits per heavy atom. The van der Waals surface area contributed by atoms with Crippen molar-refractivity contribution in [1.29, 1.82) is 0 Å². The topological polar surface area (TPSA) is 60.9 Å². The normalized spacial score (nSPS) is 17.7. The highest BCUT2D eigenvalue weighted by atomic mass is 32.2. The van der Waals surface area contributed by atoms with Crippen molar-refractivity contribution in [2.75, 3.05) is 30.3 Å². The van der Waals surface area contributed by atoms with E-state index in [0.29, 0.717) is 31.6 Å². The number of likely N-dealkylation sites (tertiary alicyclic amines) is 1. The number of nitrogens with zero attached hydrogens (tertiary/aromatic N) is 3. The Kier molecular flexibility index (Phi) is 6.08. The van der Waals surface area contributed by atoms with Gasteiger partial charge in [-0.05, 0) is 42.9 Å². The van der Waals surface area contributed by atoms with Gasteiger partial charge in [-0.3, -0.25) is 9.59 Å². The van der Waals surface area contributed by atoms with Gasteiger partial charge in [0.2, 0.25) is 0 Å². The minimum Gasteiger partial charge on any atom is -0.338 e. The summed E-state index contributed by atoms with van der Waals surface area (Å²) in [5.41, 5.74) is 1.35. The number of para-hydroxylation sites is 1. The molecule has 2 heterocycles. The maximum Gasteiger partial charge on any atom is 0.332 e. The zero-order valence-electron chi connectivity index (χ0n) is 17.0. The van der Waals surface area contributed by atoms with Gasteiger partial charge in [0.05, 0.1) is 11.3 Å². The summed E-state index contributed by atoms with van der Waals surface area (Å²) in [5.74, 6) is 0.755. The van der Waals surface area contributed by atoms with E-state index in [9.17, 15) is 14.4 Å². The Labute approximate surface area is 180 Å². The van der Waals surface area contributed by atoms with E-state index < -0.39 is 0 Å². The highest BCUT2D eigenvalue weighted by Crippen LogP contribution is 2.28. The smallest absolute Gasteiger partial charge is 0.332 e. The Balaban J connectivity index is 1.41. The summed E-state index contributed by atoms with van der Waals surface area (Å²) >= 11 is 1.67. The summed E-state index contributed by atoms with van der Waals surface area (Å²) in [6.07, 6.45) is 1.35. The molecule has 0 aromatic heterocycles. The molecule has 0 radical (unpaired) electrons. The first kappa shape index (κ1) is 20.5. The Morgan fingerprint density at radius 2 is 1.67 bits per heavy atom. The van der Waals surface area contributed by atoms with Crippen LogP contribution in [0.4, 0.5) is 10.5 Å². The van der Waals surface area contributed by atoms with Crippen molar-refractivity contribution in [2.45, 2.75) is 30.7 Å². The fourth-order valence-corrected chi connectivity index (χ4v) is 4.91. The first-order valence-corrected chi connectivity index (χ1v) is 11.3. The first-order valence-electron chi connectivity index (χ1n) is 10.3. The molecule has 0 bridgehead atoms. The van der Waals surface area contributed by atoms with Crippen LogP contribution in [0, 0.1) is 0 Å². The molecular formula is C23H25N3O3S. The molecule has 0 spiro atoms. The molecule has 2 aromatic carbocycles. The van der Waals surface area contributed by atoms with Crippen LogP contribution in [-0.2, 0) is 4.79 Å². The van der Waals surface area contributed by atoms with E-state index >= 15 is 0 Å². The molecule has 156 valence electrons. The van der Waals surface area contributed by atoms with E-state index in [1.165, 1.54) is 4.90 Å². The molecule has 4 amide bonds. The second-order valence-corrected chi connectivity index (χ2v) is 8.73. The molecule has 30 heavy (non-hydrogen) atoms. The molecule has 2 aliphatic heterocycles. The average Bonchev–Trinajstić information content (AvgIpc) is 3.08. The van der Waals surface area contributed by atoms with Crippen LogP contribution in [0.2, 0.25) is 0 Å². The van der Waals surface area contributed by atoms with Gasteiger partial charge in [0.25, 0.3) is 11.8 Å². The summed E-state index contributed by atoms with van der Waals surface area (Å²) in [7, 11) is 0. The fourth-order valence-electron chi connectivity index (χ4n) is 4.11. The predicted octanol–water partition coefficient (Wildman–Crippen LogP) is 3.87.